The minimum atomic E-state index is -0.148. The lowest BCUT2D eigenvalue weighted by Gasteiger charge is -2.06. The summed E-state index contributed by atoms with van der Waals surface area (Å²) in [7, 11) is 3.20. The van der Waals surface area contributed by atoms with E-state index in [1.807, 2.05) is 31.2 Å². The van der Waals surface area contributed by atoms with Crippen LogP contribution in [0.3, 0.4) is 0 Å². The number of benzene rings is 2. The Bertz CT molecular complexity index is 916. The summed E-state index contributed by atoms with van der Waals surface area (Å²) in [5.74, 6) is 2.59. The first-order valence-electron chi connectivity index (χ1n) is 8.63. The van der Waals surface area contributed by atoms with Crippen molar-refractivity contribution in [1.29, 1.82) is 0 Å². The van der Waals surface area contributed by atoms with E-state index in [0.717, 1.165) is 22.8 Å². The molecule has 1 N–H and O–H groups in total. The number of methoxy groups -OCH3 is 2. The van der Waals surface area contributed by atoms with E-state index >= 15 is 0 Å². The molecule has 0 fully saturated rings. The molecule has 0 radical (unpaired) electrons. The molecule has 0 atom stereocenters. The van der Waals surface area contributed by atoms with Crippen LogP contribution in [0.2, 0.25) is 0 Å². The number of hydrogen-bond donors (Lipinski definition) is 1. The van der Waals surface area contributed by atoms with Gasteiger partial charge in [0, 0.05) is 24.1 Å². The van der Waals surface area contributed by atoms with Gasteiger partial charge < -0.3 is 19.2 Å². The molecule has 27 heavy (non-hydrogen) atoms. The maximum atomic E-state index is 12.3. The lowest BCUT2D eigenvalue weighted by Crippen LogP contribution is -2.25. The van der Waals surface area contributed by atoms with Crippen molar-refractivity contribution in [2.75, 3.05) is 20.8 Å². The summed E-state index contributed by atoms with van der Waals surface area (Å²) in [6.45, 7) is 2.34. The number of aromatic nitrogens is 1. The maximum absolute atomic E-state index is 12.3. The van der Waals surface area contributed by atoms with Crippen molar-refractivity contribution in [3.8, 4) is 23.0 Å². The van der Waals surface area contributed by atoms with Gasteiger partial charge in [0.15, 0.2) is 0 Å². The van der Waals surface area contributed by atoms with E-state index in [1.165, 1.54) is 0 Å². The molecule has 0 saturated carbocycles. The second kappa shape index (κ2) is 8.40. The van der Waals surface area contributed by atoms with E-state index in [0.29, 0.717) is 30.2 Å². The molecule has 1 amide bonds. The summed E-state index contributed by atoms with van der Waals surface area (Å²) in [6.07, 6.45) is 0.585. The normalized spacial score (nSPS) is 10.5. The number of ether oxygens (including phenoxy) is 2. The van der Waals surface area contributed by atoms with Gasteiger partial charge in [-0.1, -0.05) is 6.07 Å². The van der Waals surface area contributed by atoms with Crippen molar-refractivity contribution >= 4 is 5.91 Å². The molecule has 3 rings (SSSR count). The van der Waals surface area contributed by atoms with E-state index < -0.39 is 0 Å². The van der Waals surface area contributed by atoms with Crippen LogP contribution in [-0.2, 0) is 6.42 Å². The van der Waals surface area contributed by atoms with E-state index in [-0.39, 0.29) is 5.91 Å². The molecular weight excluding hydrogens is 344 g/mol. The molecule has 0 aliphatic carbocycles. The highest BCUT2D eigenvalue weighted by atomic mass is 16.5. The fourth-order valence-electron chi connectivity index (χ4n) is 2.68. The molecule has 0 aliphatic heterocycles. The molecule has 0 aliphatic rings. The van der Waals surface area contributed by atoms with Crippen LogP contribution in [-0.4, -0.2) is 31.7 Å². The summed E-state index contributed by atoms with van der Waals surface area (Å²) in [5.41, 5.74) is 2.27. The van der Waals surface area contributed by atoms with Gasteiger partial charge in [0.1, 0.15) is 17.3 Å². The largest absolute Gasteiger partial charge is 0.497 e. The molecule has 3 aromatic rings. The van der Waals surface area contributed by atoms with Crippen molar-refractivity contribution in [3.63, 3.8) is 0 Å². The molecule has 0 unspecified atom stereocenters. The van der Waals surface area contributed by atoms with Crippen molar-refractivity contribution in [2.24, 2.45) is 0 Å². The number of rotatable bonds is 7. The second-order valence-corrected chi connectivity index (χ2v) is 5.99. The standard InChI is InChI=1S/C21H22N2O4/c1-14-19(23-21(27-14)15-7-9-17(25-2)10-8-15)11-12-22-20(24)16-5-4-6-18(13-16)26-3/h4-10,13H,11-12H2,1-3H3,(H,22,24). The number of aryl methyl sites for hydroxylation is 1. The predicted octanol–water partition coefficient (Wildman–Crippen LogP) is 3.64. The third-order valence-corrected chi connectivity index (χ3v) is 4.21. The Balaban J connectivity index is 1.61. The number of nitrogens with one attached hydrogen (secondary N) is 1. The van der Waals surface area contributed by atoms with Gasteiger partial charge in [0.25, 0.3) is 5.91 Å². The van der Waals surface area contributed by atoms with Crippen LogP contribution in [0.4, 0.5) is 0 Å². The Morgan fingerprint density at radius 1 is 1.07 bits per heavy atom. The number of amides is 1. The van der Waals surface area contributed by atoms with Crippen LogP contribution in [0.25, 0.3) is 11.5 Å². The average Bonchev–Trinajstić information content (AvgIpc) is 3.08. The summed E-state index contributed by atoms with van der Waals surface area (Å²) >= 11 is 0. The van der Waals surface area contributed by atoms with E-state index in [2.05, 4.69) is 10.3 Å². The van der Waals surface area contributed by atoms with Crippen LogP contribution in [0.5, 0.6) is 11.5 Å². The van der Waals surface area contributed by atoms with Gasteiger partial charge in [-0.05, 0) is 49.4 Å². The molecule has 0 spiro atoms. The highest BCUT2D eigenvalue weighted by Gasteiger charge is 2.12. The first kappa shape index (κ1) is 18.5. The monoisotopic (exact) mass is 366 g/mol. The van der Waals surface area contributed by atoms with Crippen molar-refractivity contribution in [1.82, 2.24) is 10.3 Å². The fraction of sp³-hybridized carbons (Fsp3) is 0.238. The van der Waals surface area contributed by atoms with Crippen molar-refractivity contribution in [2.45, 2.75) is 13.3 Å². The lowest BCUT2D eigenvalue weighted by atomic mass is 10.2. The smallest absolute Gasteiger partial charge is 0.251 e. The number of oxazole rings is 1. The van der Waals surface area contributed by atoms with Crippen LogP contribution in [0.15, 0.2) is 52.9 Å². The van der Waals surface area contributed by atoms with Crippen LogP contribution in [0.1, 0.15) is 21.8 Å². The van der Waals surface area contributed by atoms with Crippen molar-refractivity contribution in [3.05, 3.63) is 65.5 Å². The lowest BCUT2D eigenvalue weighted by molar-refractivity contribution is 0.0953. The molecule has 140 valence electrons. The second-order valence-electron chi connectivity index (χ2n) is 5.99. The Labute approximate surface area is 158 Å². The van der Waals surface area contributed by atoms with E-state index in [4.69, 9.17) is 13.9 Å². The first-order chi connectivity index (χ1) is 13.1. The average molecular weight is 366 g/mol. The molecule has 1 aromatic heterocycles. The van der Waals surface area contributed by atoms with E-state index in [9.17, 15) is 4.79 Å². The maximum Gasteiger partial charge on any atom is 0.251 e. The quantitative estimate of drug-likeness (QED) is 0.691. The molecule has 0 bridgehead atoms. The zero-order chi connectivity index (χ0) is 19.2. The Morgan fingerprint density at radius 3 is 2.52 bits per heavy atom. The predicted molar refractivity (Wildman–Crippen MR) is 102 cm³/mol. The summed E-state index contributed by atoms with van der Waals surface area (Å²) < 4.78 is 16.1. The SMILES string of the molecule is COc1ccc(-c2nc(CCNC(=O)c3cccc(OC)c3)c(C)o2)cc1. The third-order valence-electron chi connectivity index (χ3n) is 4.21. The van der Waals surface area contributed by atoms with Gasteiger partial charge >= 0.3 is 0 Å². The number of nitrogens with zero attached hydrogens (tertiary/aromatic N) is 1. The van der Waals surface area contributed by atoms with Gasteiger partial charge in [0.2, 0.25) is 5.89 Å². The summed E-state index contributed by atoms with van der Waals surface area (Å²) in [4.78, 5) is 16.8. The number of carbonyl (C=O) groups excluding carboxylic acids is 1. The third kappa shape index (κ3) is 4.47. The number of carbonyl (C=O) groups is 1. The first-order valence-corrected chi connectivity index (χ1v) is 8.63. The van der Waals surface area contributed by atoms with Gasteiger partial charge in [-0.15, -0.1) is 0 Å². The van der Waals surface area contributed by atoms with Gasteiger partial charge in [-0.25, -0.2) is 4.98 Å². The number of hydrogen-bond acceptors (Lipinski definition) is 5. The van der Waals surface area contributed by atoms with Gasteiger partial charge in [-0.3, -0.25) is 4.79 Å². The Kier molecular flexibility index (Phi) is 5.76. The topological polar surface area (TPSA) is 73.6 Å². The minimum Gasteiger partial charge on any atom is -0.497 e. The molecule has 1 heterocycles. The molecular formula is C21H22N2O4. The zero-order valence-electron chi connectivity index (χ0n) is 15.6. The van der Waals surface area contributed by atoms with Crippen LogP contribution < -0.4 is 14.8 Å². The van der Waals surface area contributed by atoms with Crippen LogP contribution >= 0.6 is 0 Å². The van der Waals surface area contributed by atoms with Crippen LogP contribution in [0, 0.1) is 6.92 Å². The summed E-state index contributed by atoms with van der Waals surface area (Å²) in [5, 5.41) is 2.90. The Morgan fingerprint density at radius 2 is 1.81 bits per heavy atom. The highest BCUT2D eigenvalue weighted by Crippen LogP contribution is 2.24. The van der Waals surface area contributed by atoms with Crippen molar-refractivity contribution < 1.29 is 18.7 Å². The molecule has 6 heteroatoms. The zero-order valence-corrected chi connectivity index (χ0v) is 15.6. The van der Waals surface area contributed by atoms with Gasteiger partial charge in [-0.2, -0.15) is 0 Å². The molecule has 6 nitrogen and oxygen atoms in total. The van der Waals surface area contributed by atoms with Gasteiger partial charge in [0.05, 0.1) is 19.9 Å². The van der Waals surface area contributed by atoms with E-state index in [1.54, 1.807) is 38.5 Å². The highest BCUT2D eigenvalue weighted by molar-refractivity contribution is 5.94. The molecule has 0 saturated heterocycles. The minimum absolute atomic E-state index is 0.148. The molecule has 2 aromatic carbocycles. The summed E-state index contributed by atoms with van der Waals surface area (Å²) in [6, 6.07) is 14.6. The Hall–Kier alpha value is -3.28. The fourth-order valence-corrected chi connectivity index (χ4v) is 2.68.